The number of nitrogens with zero attached hydrogens (tertiary/aromatic N) is 1. The molecule has 116 valence electrons. The van der Waals surface area contributed by atoms with E-state index in [9.17, 15) is 13.2 Å². The Morgan fingerprint density at radius 3 is 2.76 bits per heavy atom. The maximum Gasteiger partial charge on any atom is 0.243 e. The normalized spacial score (nSPS) is 20.1. The van der Waals surface area contributed by atoms with E-state index in [1.54, 1.807) is 26.0 Å². The summed E-state index contributed by atoms with van der Waals surface area (Å²) in [7, 11) is -3.68. The number of hydrogen-bond acceptors (Lipinski definition) is 4. The molecule has 1 aromatic carbocycles. The summed E-state index contributed by atoms with van der Waals surface area (Å²) in [6.45, 7) is 6.40. The molecule has 0 spiro atoms. The molecule has 0 saturated carbocycles. The molecule has 0 radical (unpaired) electrons. The Kier molecular flexibility index (Phi) is 4.53. The Hall–Kier alpha value is -1.60. The zero-order valence-corrected chi connectivity index (χ0v) is 13.2. The van der Waals surface area contributed by atoms with Crippen molar-refractivity contribution in [2.24, 2.45) is 0 Å². The lowest BCUT2D eigenvalue weighted by Crippen LogP contribution is -2.55. The molecule has 1 aliphatic heterocycles. The van der Waals surface area contributed by atoms with E-state index in [1.165, 1.54) is 10.4 Å². The summed E-state index contributed by atoms with van der Waals surface area (Å²) in [5.74, 6) is 0.397. The van der Waals surface area contributed by atoms with Crippen molar-refractivity contribution < 1.29 is 17.9 Å². The van der Waals surface area contributed by atoms with Crippen LogP contribution in [0.25, 0.3) is 0 Å². The second-order valence-electron chi connectivity index (χ2n) is 4.94. The van der Waals surface area contributed by atoms with Gasteiger partial charge in [0.25, 0.3) is 0 Å². The van der Waals surface area contributed by atoms with Crippen molar-refractivity contribution in [2.75, 3.05) is 19.7 Å². The van der Waals surface area contributed by atoms with Gasteiger partial charge in [-0.2, -0.15) is 4.31 Å². The fourth-order valence-corrected chi connectivity index (χ4v) is 4.01. The van der Waals surface area contributed by atoms with E-state index in [0.717, 1.165) is 5.56 Å². The van der Waals surface area contributed by atoms with Crippen molar-refractivity contribution >= 4 is 15.9 Å². The third kappa shape index (κ3) is 3.03. The van der Waals surface area contributed by atoms with Crippen LogP contribution >= 0.6 is 0 Å². The summed E-state index contributed by atoms with van der Waals surface area (Å²) in [5.41, 5.74) is 0.757. The molecule has 1 heterocycles. The Bertz CT molecular complexity index is 642. The minimum Gasteiger partial charge on any atom is -0.494 e. The van der Waals surface area contributed by atoms with Crippen molar-refractivity contribution in [2.45, 2.75) is 31.7 Å². The van der Waals surface area contributed by atoms with Gasteiger partial charge in [0, 0.05) is 13.1 Å². The van der Waals surface area contributed by atoms with Gasteiger partial charge in [-0.05, 0) is 44.5 Å². The van der Waals surface area contributed by atoms with Gasteiger partial charge in [0.05, 0.1) is 11.5 Å². The fourth-order valence-electron chi connectivity index (χ4n) is 2.32. The average molecular weight is 312 g/mol. The first-order chi connectivity index (χ1) is 9.87. The van der Waals surface area contributed by atoms with Crippen LogP contribution < -0.4 is 10.1 Å². The molecular weight excluding hydrogens is 292 g/mol. The van der Waals surface area contributed by atoms with Crippen LogP contribution in [-0.2, 0) is 14.8 Å². The summed E-state index contributed by atoms with van der Waals surface area (Å²) in [6, 6.07) is 4.06. The number of piperazine rings is 1. The standard InChI is InChI=1S/C14H20N2O4S/c1-4-20-13-6-5-12(9-10(13)2)21(18,19)16-8-7-15-14(17)11(16)3/h5-6,9,11H,4,7-8H2,1-3H3,(H,15,17). The lowest BCUT2D eigenvalue weighted by molar-refractivity contribution is -0.126. The molecular formula is C14H20N2O4S. The monoisotopic (exact) mass is 312 g/mol. The van der Waals surface area contributed by atoms with Crippen LogP contribution in [0.15, 0.2) is 23.1 Å². The van der Waals surface area contributed by atoms with E-state index in [4.69, 9.17) is 4.74 Å². The molecule has 1 fully saturated rings. The largest absolute Gasteiger partial charge is 0.494 e. The Labute approximate surface area is 125 Å². The Morgan fingerprint density at radius 1 is 1.43 bits per heavy atom. The predicted molar refractivity (Wildman–Crippen MR) is 78.7 cm³/mol. The molecule has 1 aromatic rings. The van der Waals surface area contributed by atoms with E-state index in [2.05, 4.69) is 5.32 Å². The highest BCUT2D eigenvalue weighted by Gasteiger charge is 2.35. The fraction of sp³-hybridized carbons (Fsp3) is 0.500. The summed E-state index contributed by atoms with van der Waals surface area (Å²) in [5, 5.41) is 2.66. The molecule has 2 rings (SSSR count). The summed E-state index contributed by atoms with van der Waals surface area (Å²) < 4.78 is 32.0. The van der Waals surface area contributed by atoms with Crippen molar-refractivity contribution in [3.05, 3.63) is 23.8 Å². The van der Waals surface area contributed by atoms with Gasteiger partial charge in [0.1, 0.15) is 11.8 Å². The molecule has 1 amide bonds. The number of carbonyl (C=O) groups is 1. The van der Waals surface area contributed by atoms with E-state index in [0.29, 0.717) is 18.9 Å². The SMILES string of the molecule is CCOc1ccc(S(=O)(=O)N2CCNC(=O)C2C)cc1C. The van der Waals surface area contributed by atoms with Crippen LogP contribution in [0.5, 0.6) is 5.75 Å². The molecule has 7 heteroatoms. The average Bonchev–Trinajstić information content (AvgIpc) is 2.44. The zero-order chi connectivity index (χ0) is 15.6. The summed E-state index contributed by atoms with van der Waals surface area (Å²) in [4.78, 5) is 11.8. The lowest BCUT2D eigenvalue weighted by Gasteiger charge is -2.31. The van der Waals surface area contributed by atoms with E-state index < -0.39 is 16.1 Å². The van der Waals surface area contributed by atoms with Crippen LogP contribution in [0.1, 0.15) is 19.4 Å². The number of rotatable bonds is 4. The van der Waals surface area contributed by atoms with E-state index >= 15 is 0 Å². The molecule has 0 bridgehead atoms. The number of amides is 1. The van der Waals surface area contributed by atoms with Gasteiger partial charge >= 0.3 is 0 Å². The zero-order valence-electron chi connectivity index (χ0n) is 12.4. The quantitative estimate of drug-likeness (QED) is 0.896. The Morgan fingerprint density at radius 2 is 2.14 bits per heavy atom. The van der Waals surface area contributed by atoms with Gasteiger partial charge in [-0.15, -0.1) is 0 Å². The van der Waals surface area contributed by atoms with Crippen molar-refractivity contribution in [1.82, 2.24) is 9.62 Å². The minimum atomic E-state index is -3.68. The van der Waals surface area contributed by atoms with E-state index in [1.807, 2.05) is 6.92 Å². The molecule has 1 atom stereocenters. The predicted octanol–water partition coefficient (Wildman–Crippen LogP) is 0.903. The Balaban J connectivity index is 2.35. The highest BCUT2D eigenvalue weighted by Crippen LogP contribution is 2.25. The van der Waals surface area contributed by atoms with Gasteiger partial charge in [-0.3, -0.25) is 4.79 Å². The molecule has 0 aromatic heterocycles. The number of ether oxygens (including phenoxy) is 1. The second-order valence-corrected chi connectivity index (χ2v) is 6.83. The molecule has 1 saturated heterocycles. The lowest BCUT2D eigenvalue weighted by atomic mass is 10.2. The third-order valence-electron chi connectivity index (χ3n) is 3.50. The molecule has 21 heavy (non-hydrogen) atoms. The highest BCUT2D eigenvalue weighted by atomic mass is 32.2. The first kappa shape index (κ1) is 15.8. The van der Waals surface area contributed by atoms with Crippen molar-refractivity contribution in [3.8, 4) is 5.75 Å². The number of aryl methyl sites for hydroxylation is 1. The van der Waals surface area contributed by atoms with Crippen molar-refractivity contribution in [3.63, 3.8) is 0 Å². The number of hydrogen-bond donors (Lipinski definition) is 1. The topological polar surface area (TPSA) is 75.7 Å². The molecule has 1 aliphatic rings. The summed E-state index contributed by atoms with van der Waals surface area (Å²) in [6.07, 6.45) is 0. The molecule has 1 unspecified atom stereocenters. The van der Waals surface area contributed by atoms with Gasteiger partial charge in [-0.1, -0.05) is 0 Å². The van der Waals surface area contributed by atoms with Gasteiger partial charge in [0.15, 0.2) is 0 Å². The van der Waals surface area contributed by atoms with Gasteiger partial charge in [-0.25, -0.2) is 8.42 Å². The number of benzene rings is 1. The highest BCUT2D eigenvalue weighted by molar-refractivity contribution is 7.89. The maximum absolute atomic E-state index is 12.7. The number of carbonyl (C=O) groups excluding carboxylic acids is 1. The van der Waals surface area contributed by atoms with Gasteiger partial charge in [0.2, 0.25) is 15.9 Å². The van der Waals surface area contributed by atoms with Crippen LogP contribution in [0.4, 0.5) is 0 Å². The number of sulfonamides is 1. The van der Waals surface area contributed by atoms with Crippen LogP contribution in [-0.4, -0.2) is 44.4 Å². The first-order valence-electron chi connectivity index (χ1n) is 6.91. The maximum atomic E-state index is 12.7. The minimum absolute atomic E-state index is 0.185. The van der Waals surface area contributed by atoms with E-state index in [-0.39, 0.29) is 17.3 Å². The molecule has 0 aliphatic carbocycles. The van der Waals surface area contributed by atoms with Crippen LogP contribution in [0.2, 0.25) is 0 Å². The third-order valence-corrected chi connectivity index (χ3v) is 5.46. The summed E-state index contributed by atoms with van der Waals surface area (Å²) >= 11 is 0. The number of nitrogens with one attached hydrogen (secondary N) is 1. The smallest absolute Gasteiger partial charge is 0.243 e. The van der Waals surface area contributed by atoms with Crippen LogP contribution in [0, 0.1) is 6.92 Å². The molecule has 6 nitrogen and oxygen atoms in total. The molecule has 1 N–H and O–H groups in total. The van der Waals surface area contributed by atoms with Crippen LogP contribution in [0.3, 0.4) is 0 Å². The van der Waals surface area contributed by atoms with Crippen molar-refractivity contribution in [1.29, 1.82) is 0 Å². The second kappa shape index (κ2) is 6.03. The van der Waals surface area contributed by atoms with Gasteiger partial charge < -0.3 is 10.1 Å². The first-order valence-corrected chi connectivity index (χ1v) is 8.35.